The van der Waals surface area contributed by atoms with Crippen LogP contribution in [0, 0.1) is 5.82 Å². The molecule has 2 saturated heterocycles. The number of carbonyl (C=O) groups excluding carboxylic acids is 1. The summed E-state index contributed by atoms with van der Waals surface area (Å²) >= 11 is 6.30. The first-order chi connectivity index (χ1) is 19.2. The summed E-state index contributed by atoms with van der Waals surface area (Å²) in [7, 11) is 0. The molecule has 3 aromatic rings. The average molecular weight is 574 g/mol. The van der Waals surface area contributed by atoms with Crippen LogP contribution >= 0.6 is 11.6 Å². The lowest BCUT2D eigenvalue weighted by Crippen LogP contribution is -2.36. The molecular formula is C28H33ClFN5O5. The molecule has 214 valence electrons. The van der Waals surface area contributed by atoms with Gasteiger partial charge in [-0.1, -0.05) is 11.6 Å². The average Bonchev–Trinajstić information content (AvgIpc) is 3.39. The van der Waals surface area contributed by atoms with E-state index >= 15 is 4.39 Å². The van der Waals surface area contributed by atoms with Crippen LogP contribution in [0.2, 0.25) is 5.02 Å². The van der Waals surface area contributed by atoms with E-state index in [1.807, 2.05) is 20.8 Å². The molecule has 2 aromatic heterocycles. The summed E-state index contributed by atoms with van der Waals surface area (Å²) < 4.78 is 38.2. The minimum absolute atomic E-state index is 0.0230. The number of nitrogens with zero attached hydrogens (tertiary/aromatic N) is 4. The zero-order valence-electron chi connectivity index (χ0n) is 22.8. The van der Waals surface area contributed by atoms with Crippen LogP contribution in [0.1, 0.15) is 46.5 Å². The standard InChI is InChI=1S/C28H33ClFN5O5/c1-28(2,3)40-27(36)35-12-11-17(14-35)39-22-10-8-20-25(34-22)26(32-16-31-20)33-19-7-9-21(23(29)24(19)30)38-15-18-6-4-5-13-37-18/h7-10,16-18H,4-6,11-15H2,1-3H3,(H,31,32,33)/t17-,18-/m0/s1. The number of benzene rings is 1. The maximum Gasteiger partial charge on any atom is 0.410 e. The molecule has 0 bridgehead atoms. The van der Waals surface area contributed by atoms with Gasteiger partial charge in [-0.25, -0.2) is 24.1 Å². The summed E-state index contributed by atoms with van der Waals surface area (Å²) in [6, 6.07) is 6.60. The fourth-order valence-corrected chi connectivity index (χ4v) is 4.78. The van der Waals surface area contributed by atoms with Gasteiger partial charge in [0.15, 0.2) is 11.6 Å². The highest BCUT2D eigenvalue weighted by molar-refractivity contribution is 6.32. The SMILES string of the molecule is CC(C)(C)OC(=O)N1CC[C@H](Oc2ccc3ncnc(Nc4ccc(OC[C@@H]5CCCCO5)c(Cl)c4F)c3n2)C1. The fraction of sp³-hybridized carbons (Fsp3) is 0.500. The summed E-state index contributed by atoms with van der Waals surface area (Å²) in [5, 5.41) is 2.84. The molecule has 40 heavy (non-hydrogen) atoms. The quantitative estimate of drug-likeness (QED) is 0.369. The summed E-state index contributed by atoms with van der Waals surface area (Å²) in [5.74, 6) is 0.207. The highest BCUT2D eigenvalue weighted by atomic mass is 35.5. The third kappa shape index (κ3) is 6.82. The van der Waals surface area contributed by atoms with Crippen LogP contribution in [0.3, 0.4) is 0 Å². The summed E-state index contributed by atoms with van der Waals surface area (Å²) in [5.41, 5.74) is 0.487. The minimum Gasteiger partial charge on any atom is -0.489 e. The molecule has 10 nitrogen and oxygen atoms in total. The van der Waals surface area contributed by atoms with E-state index in [-0.39, 0.29) is 40.6 Å². The number of ether oxygens (including phenoxy) is 4. The molecule has 0 unspecified atom stereocenters. The first-order valence-electron chi connectivity index (χ1n) is 13.4. The Balaban J connectivity index is 1.27. The van der Waals surface area contributed by atoms with Crippen molar-refractivity contribution < 1.29 is 28.1 Å². The van der Waals surface area contributed by atoms with Gasteiger partial charge in [-0.3, -0.25) is 0 Å². The maximum absolute atomic E-state index is 15.2. The molecule has 2 atom stereocenters. The smallest absolute Gasteiger partial charge is 0.410 e. The van der Waals surface area contributed by atoms with Gasteiger partial charge in [0.1, 0.15) is 40.9 Å². The predicted octanol–water partition coefficient (Wildman–Crippen LogP) is 5.90. The largest absolute Gasteiger partial charge is 0.489 e. The zero-order chi connectivity index (χ0) is 28.3. The lowest BCUT2D eigenvalue weighted by Gasteiger charge is -2.24. The second-order valence-corrected chi connectivity index (χ2v) is 11.2. The molecule has 2 aliphatic heterocycles. The van der Waals surface area contributed by atoms with E-state index in [2.05, 4.69) is 20.3 Å². The Morgan fingerprint density at radius 2 is 2.05 bits per heavy atom. The Morgan fingerprint density at radius 3 is 2.83 bits per heavy atom. The Kier molecular flexibility index (Phi) is 8.41. The monoisotopic (exact) mass is 573 g/mol. The molecule has 2 aliphatic rings. The lowest BCUT2D eigenvalue weighted by atomic mass is 10.1. The molecular weight excluding hydrogens is 541 g/mol. The molecule has 1 N–H and O–H groups in total. The number of nitrogens with one attached hydrogen (secondary N) is 1. The summed E-state index contributed by atoms with van der Waals surface area (Å²) in [6.45, 7) is 7.42. The van der Waals surface area contributed by atoms with Gasteiger partial charge in [-0.15, -0.1) is 0 Å². The summed E-state index contributed by atoms with van der Waals surface area (Å²) in [4.78, 5) is 27.1. The van der Waals surface area contributed by atoms with E-state index in [0.29, 0.717) is 49.6 Å². The Hall–Kier alpha value is -3.44. The van der Waals surface area contributed by atoms with Gasteiger partial charge < -0.3 is 29.2 Å². The van der Waals surface area contributed by atoms with Crippen LogP contribution < -0.4 is 14.8 Å². The van der Waals surface area contributed by atoms with E-state index in [4.69, 9.17) is 30.5 Å². The van der Waals surface area contributed by atoms with E-state index in [9.17, 15) is 4.79 Å². The lowest BCUT2D eigenvalue weighted by molar-refractivity contribution is -0.0111. The Morgan fingerprint density at radius 1 is 1.20 bits per heavy atom. The predicted molar refractivity (Wildman–Crippen MR) is 148 cm³/mol. The van der Waals surface area contributed by atoms with Gasteiger partial charge >= 0.3 is 6.09 Å². The third-order valence-corrected chi connectivity index (χ3v) is 6.89. The van der Waals surface area contributed by atoms with Crippen molar-refractivity contribution in [2.24, 2.45) is 0 Å². The highest BCUT2D eigenvalue weighted by Gasteiger charge is 2.31. The maximum atomic E-state index is 15.2. The first-order valence-corrected chi connectivity index (χ1v) is 13.8. The van der Waals surface area contributed by atoms with Crippen molar-refractivity contribution in [1.29, 1.82) is 0 Å². The Bertz CT molecular complexity index is 1360. The molecule has 4 heterocycles. The number of likely N-dealkylation sites (tertiary alicyclic amines) is 1. The summed E-state index contributed by atoms with van der Waals surface area (Å²) in [6.07, 6.45) is 4.39. The number of fused-ring (bicyclic) bond motifs is 1. The van der Waals surface area contributed by atoms with Crippen LogP contribution in [-0.2, 0) is 9.47 Å². The number of hydrogen-bond donors (Lipinski definition) is 1. The van der Waals surface area contributed by atoms with Crippen molar-refractivity contribution in [3.63, 3.8) is 0 Å². The van der Waals surface area contributed by atoms with Gasteiger partial charge in [0.2, 0.25) is 5.88 Å². The number of hydrogen-bond acceptors (Lipinski definition) is 9. The molecule has 2 fully saturated rings. The van der Waals surface area contributed by atoms with Crippen molar-refractivity contribution in [2.45, 2.75) is 64.3 Å². The molecule has 0 saturated carbocycles. The minimum atomic E-state index is -0.670. The van der Waals surface area contributed by atoms with Crippen LogP contribution in [0.4, 0.5) is 20.7 Å². The van der Waals surface area contributed by atoms with Gasteiger partial charge in [0.05, 0.1) is 23.9 Å². The second kappa shape index (κ2) is 12.0. The van der Waals surface area contributed by atoms with Crippen LogP contribution in [-0.4, -0.2) is 70.1 Å². The molecule has 1 amide bonds. The van der Waals surface area contributed by atoms with Crippen molar-refractivity contribution in [3.8, 4) is 11.6 Å². The molecule has 0 aliphatic carbocycles. The van der Waals surface area contributed by atoms with E-state index in [1.165, 1.54) is 12.4 Å². The topological polar surface area (TPSA) is 108 Å². The molecule has 0 radical (unpaired) electrons. The Labute approximate surface area is 237 Å². The number of carbonyl (C=O) groups is 1. The van der Waals surface area contributed by atoms with Crippen LogP contribution in [0.5, 0.6) is 11.6 Å². The van der Waals surface area contributed by atoms with Crippen molar-refractivity contribution >= 4 is 40.2 Å². The van der Waals surface area contributed by atoms with Gasteiger partial charge in [-0.2, -0.15) is 0 Å². The number of halogens is 2. The molecule has 1 aromatic carbocycles. The zero-order valence-corrected chi connectivity index (χ0v) is 23.5. The van der Waals surface area contributed by atoms with E-state index in [0.717, 1.165) is 19.3 Å². The van der Waals surface area contributed by atoms with Gasteiger partial charge in [0.25, 0.3) is 0 Å². The van der Waals surface area contributed by atoms with E-state index < -0.39 is 11.4 Å². The molecule has 5 rings (SSSR count). The van der Waals surface area contributed by atoms with Crippen LogP contribution in [0.15, 0.2) is 30.6 Å². The molecule has 0 spiro atoms. The van der Waals surface area contributed by atoms with E-state index in [1.54, 1.807) is 23.1 Å². The number of pyridine rings is 1. The number of rotatable bonds is 7. The normalized spacial score (nSPS) is 19.5. The fourth-order valence-electron chi connectivity index (χ4n) is 4.56. The number of anilines is 2. The van der Waals surface area contributed by atoms with Crippen molar-refractivity contribution in [2.75, 3.05) is 31.6 Å². The second-order valence-electron chi connectivity index (χ2n) is 10.9. The first kappa shape index (κ1) is 28.1. The third-order valence-electron chi connectivity index (χ3n) is 6.54. The van der Waals surface area contributed by atoms with Crippen molar-refractivity contribution in [3.05, 3.63) is 41.4 Å². The number of amides is 1. The highest BCUT2D eigenvalue weighted by Crippen LogP contribution is 2.35. The molecule has 12 heteroatoms. The number of aromatic nitrogens is 3. The van der Waals surface area contributed by atoms with Gasteiger partial charge in [-0.05, 0) is 58.2 Å². The van der Waals surface area contributed by atoms with Crippen molar-refractivity contribution in [1.82, 2.24) is 19.9 Å². The van der Waals surface area contributed by atoms with Crippen LogP contribution in [0.25, 0.3) is 11.0 Å². The van der Waals surface area contributed by atoms with Gasteiger partial charge in [0, 0.05) is 25.6 Å².